The first kappa shape index (κ1) is 15.6. The maximum atomic E-state index is 12.2. The average Bonchev–Trinajstić information content (AvgIpc) is 2.61. The molecular formula is C16H22N4O3. The van der Waals surface area contributed by atoms with Gasteiger partial charge in [0.15, 0.2) is 5.96 Å². The fraction of sp³-hybridized carbons (Fsp3) is 0.500. The number of rotatable bonds is 3. The lowest BCUT2D eigenvalue weighted by molar-refractivity contribution is -0.120. The molecule has 1 aromatic carbocycles. The number of para-hydroxylation sites is 1. The summed E-state index contributed by atoms with van der Waals surface area (Å²) >= 11 is 0. The van der Waals surface area contributed by atoms with Crippen molar-refractivity contribution in [3.05, 3.63) is 29.8 Å². The Morgan fingerprint density at radius 3 is 2.91 bits per heavy atom. The van der Waals surface area contributed by atoms with Gasteiger partial charge in [-0.1, -0.05) is 18.2 Å². The number of guanidine groups is 1. The van der Waals surface area contributed by atoms with E-state index in [0.29, 0.717) is 38.9 Å². The van der Waals surface area contributed by atoms with Gasteiger partial charge in [-0.25, -0.2) is 4.99 Å². The van der Waals surface area contributed by atoms with Crippen LogP contribution in [0.2, 0.25) is 0 Å². The maximum absolute atomic E-state index is 12.2. The van der Waals surface area contributed by atoms with Crippen LogP contribution in [0.1, 0.15) is 18.0 Å². The highest BCUT2D eigenvalue weighted by Gasteiger charge is 2.22. The minimum Gasteiger partial charge on any atom is -0.493 e. The first-order valence-electron chi connectivity index (χ1n) is 7.88. The number of nitrogens with two attached hydrogens (primary N) is 1. The lowest BCUT2D eigenvalue weighted by Crippen LogP contribution is -2.45. The summed E-state index contributed by atoms with van der Waals surface area (Å²) in [5.74, 6) is 1.10. The summed E-state index contributed by atoms with van der Waals surface area (Å²) in [5, 5.41) is 3.01. The summed E-state index contributed by atoms with van der Waals surface area (Å²) in [6, 6.07) is 7.73. The van der Waals surface area contributed by atoms with Crippen LogP contribution in [0.5, 0.6) is 5.75 Å². The zero-order chi connectivity index (χ0) is 16.1. The third-order valence-corrected chi connectivity index (χ3v) is 4.01. The molecule has 1 atom stereocenters. The van der Waals surface area contributed by atoms with Crippen molar-refractivity contribution in [2.45, 2.75) is 12.5 Å². The number of nitrogens with one attached hydrogen (secondary N) is 1. The van der Waals surface area contributed by atoms with E-state index in [2.05, 4.69) is 10.3 Å². The second-order valence-corrected chi connectivity index (χ2v) is 5.57. The lowest BCUT2D eigenvalue weighted by Gasteiger charge is -2.28. The summed E-state index contributed by atoms with van der Waals surface area (Å²) < 4.78 is 10.9. The van der Waals surface area contributed by atoms with Gasteiger partial charge in [0.25, 0.3) is 0 Å². The highest BCUT2D eigenvalue weighted by atomic mass is 16.5. The topological polar surface area (TPSA) is 89.2 Å². The molecule has 23 heavy (non-hydrogen) atoms. The number of hydrogen-bond acceptors (Lipinski definition) is 4. The van der Waals surface area contributed by atoms with Crippen LogP contribution in [-0.4, -0.2) is 56.2 Å². The zero-order valence-corrected chi connectivity index (χ0v) is 13.0. The Bertz CT molecular complexity index is 584. The second kappa shape index (κ2) is 7.32. The quantitative estimate of drug-likeness (QED) is 0.617. The molecule has 3 N–H and O–H groups in total. The van der Waals surface area contributed by atoms with Crippen LogP contribution in [0, 0.1) is 0 Å². The van der Waals surface area contributed by atoms with Crippen molar-refractivity contribution in [2.75, 3.05) is 39.5 Å². The van der Waals surface area contributed by atoms with E-state index in [9.17, 15) is 4.79 Å². The van der Waals surface area contributed by atoms with Crippen LogP contribution < -0.4 is 15.8 Å². The smallest absolute Gasteiger partial charge is 0.242 e. The number of fused-ring (bicyclic) bond motifs is 1. The number of carbonyl (C=O) groups is 1. The summed E-state index contributed by atoms with van der Waals surface area (Å²) in [5.41, 5.74) is 6.94. The average molecular weight is 318 g/mol. The number of hydrogen-bond donors (Lipinski definition) is 2. The minimum absolute atomic E-state index is 0.0305. The van der Waals surface area contributed by atoms with E-state index < -0.39 is 0 Å². The molecule has 7 nitrogen and oxygen atoms in total. The van der Waals surface area contributed by atoms with Crippen LogP contribution in [0.3, 0.4) is 0 Å². The van der Waals surface area contributed by atoms with Crippen molar-refractivity contribution in [1.82, 2.24) is 10.2 Å². The van der Waals surface area contributed by atoms with Gasteiger partial charge in [-0.3, -0.25) is 4.79 Å². The van der Waals surface area contributed by atoms with Gasteiger partial charge in [0, 0.05) is 25.1 Å². The molecule has 2 aliphatic heterocycles. The van der Waals surface area contributed by atoms with Gasteiger partial charge in [0.05, 0.1) is 25.9 Å². The number of amides is 1. The maximum Gasteiger partial charge on any atom is 0.242 e. The summed E-state index contributed by atoms with van der Waals surface area (Å²) in [6.07, 6.45) is 0.755. The Labute approximate surface area is 135 Å². The normalized spacial score (nSPS) is 21.3. The first-order chi connectivity index (χ1) is 11.2. The molecule has 0 aliphatic carbocycles. The van der Waals surface area contributed by atoms with E-state index in [1.165, 1.54) is 0 Å². The highest BCUT2D eigenvalue weighted by molar-refractivity contribution is 5.84. The van der Waals surface area contributed by atoms with Crippen LogP contribution in [0.4, 0.5) is 0 Å². The second-order valence-electron chi connectivity index (χ2n) is 5.57. The van der Waals surface area contributed by atoms with Crippen molar-refractivity contribution >= 4 is 11.9 Å². The van der Waals surface area contributed by atoms with E-state index in [1.54, 1.807) is 0 Å². The molecule has 0 spiro atoms. The predicted octanol–water partition coefficient (Wildman–Crippen LogP) is 0.273. The van der Waals surface area contributed by atoms with Gasteiger partial charge in [0.1, 0.15) is 12.3 Å². The molecule has 2 heterocycles. The molecule has 0 saturated carbocycles. The van der Waals surface area contributed by atoms with Gasteiger partial charge < -0.3 is 25.4 Å². The van der Waals surface area contributed by atoms with Crippen molar-refractivity contribution in [3.8, 4) is 5.75 Å². The number of morpholine rings is 1. The lowest BCUT2D eigenvalue weighted by atomic mass is 10.0. The Balaban J connectivity index is 1.55. The van der Waals surface area contributed by atoms with E-state index in [-0.39, 0.29) is 18.5 Å². The highest BCUT2D eigenvalue weighted by Crippen LogP contribution is 2.31. The van der Waals surface area contributed by atoms with Gasteiger partial charge in [-0.15, -0.1) is 0 Å². The number of benzene rings is 1. The zero-order valence-electron chi connectivity index (χ0n) is 13.0. The molecule has 1 fully saturated rings. The first-order valence-corrected chi connectivity index (χ1v) is 7.88. The fourth-order valence-corrected chi connectivity index (χ4v) is 2.78. The monoisotopic (exact) mass is 318 g/mol. The van der Waals surface area contributed by atoms with E-state index in [0.717, 1.165) is 17.7 Å². The van der Waals surface area contributed by atoms with Crippen LogP contribution >= 0.6 is 0 Å². The Kier molecular flexibility index (Phi) is 4.97. The molecule has 0 bridgehead atoms. The van der Waals surface area contributed by atoms with Crippen LogP contribution in [0.25, 0.3) is 0 Å². The Hall–Kier alpha value is -2.28. The van der Waals surface area contributed by atoms with E-state index >= 15 is 0 Å². The molecule has 7 heteroatoms. The standard InChI is InChI=1S/C16H22N4O3/c17-16(20-6-9-22-10-7-20)18-11-15(21)19-13-5-8-23-14-4-2-1-3-12(13)14/h1-4,13H,5-11H2,(H2,17,18)(H,19,21). The largest absolute Gasteiger partial charge is 0.493 e. The Morgan fingerprint density at radius 1 is 1.30 bits per heavy atom. The summed E-state index contributed by atoms with van der Waals surface area (Å²) in [6.45, 7) is 3.33. The van der Waals surface area contributed by atoms with E-state index in [4.69, 9.17) is 15.2 Å². The third-order valence-electron chi connectivity index (χ3n) is 4.01. The van der Waals surface area contributed by atoms with E-state index in [1.807, 2.05) is 29.2 Å². The molecule has 0 radical (unpaired) electrons. The summed E-state index contributed by atoms with van der Waals surface area (Å²) in [7, 11) is 0. The molecule has 1 unspecified atom stereocenters. The van der Waals surface area contributed by atoms with Gasteiger partial charge >= 0.3 is 0 Å². The fourth-order valence-electron chi connectivity index (χ4n) is 2.78. The number of aliphatic imine (C=N–C) groups is 1. The van der Waals surface area contributed by atoms with Crippen LogP contribution in [0.15, 0.2) is 29.3 Å². The molecule has 0 aromatic heterocycles. The number of carbonyl (C=O) groups excluding carboxylic acids is 1. The van der Waals surface area contributed by atoms with Gasteiger partial charge in [-0.05, 0) is 6.07 Å². The van der Waals surface area contributed by atoms with Gasteiger partial charge in [-0.2, -0.15) is 0 Å². The van der Waals surface area contributed by atoms with Crippen molar-refractivity contribution in [1.29, 1.82) is 0 Å². The van der Waals surface area contributed by atoms with Crippen molar-refractivity contribution in [2.24, 2.45) is 10.7 Å². The molecular weight excluding hydrogens is 296 g/mol. The Morgan fingerprint density at radius 2 is 2.09 bits per heavy atom. The molecule has 1 aromatic rings. The molecule has 124 valence electrons. The molecule has 3 rings (SSSR count). The third kappa shape index (κ3) is 3.92. The SMILES string of the molecule is NC(=NCC(=O)NC1CCOc2ccccc21)N1CCOCC1. The van der Waals surface area contributed by atoms with Crippen molar-refractivity contribution in [3.63, 3.8) is 0 Å². The molecule has 1 saturated heterocycles. The minimum atomic E-state index is -0.136. The number of nitrogens with zero attached hydrogens (tertiary/aromatic N) is 2. The molecule has 2 aliphatic rings. The van der Waals surface area contributed by atoms with Crippen LogP contribution in [-0.2, 0) is 9.53 Å². The van der Waals surface area contributed by atoms with Crippen molar-refractivity contribution < 1.29 is 14.3 Å². The molecule has 1 amide bonds. The van der Waals surface area contributed by atoms with Gasteiger partial charge in [0.2, 0.25) is 5.91 Å². The summed E-state index contributed by atoms with van der Waals surface area (Å²) in [4.78, 5) is 18.3. The number of ether oxygens (including phenoxy) is 2. The predicted molar refractivity (Wildman–Crippen MR) is 86.3 cm³/mol.